The minimum atomic E-state index is 0.661. The van der Waals surface area contributed by atoms with Crippen LogP contribution in [-0.4, -0.2) is 16.8 Å². The van der Waals surface area contributed by atoms with Crippen molar-refractivity contribution in [2.75, 3.05) is 6.61 Å². The van der Waals surface area contributed by atoms with Crippen LogP contribution in [0.1, 0.15) is 35.8 Å². The van der Waals surface area contributed by atoms with E-state index >= 15 is 0 Å². The number of rotatable bonds is 9. The number of aromatic amines is 1. The van der Waals surface area contributed by atoms with Gasteiger partial charge in [0.25, 0.3) is 0 Å². The number of nitrogens with one attached hydrogen (secondary N) is 2. The molecule has 1 aromatic carbocycles. The molecule has 0 aliphatic heterocycles. The molecule has 0 unspecified atom stereocenters. The Hall–Kier alpha value is -2.37. The molecule has 2 aromatic heterocycles. The molecule has 0 atom stereocenters. The molecule has 2 heterocycles. The Morgan fingerprint density at radius 1 is 1.08 bits per heavy atom. The van der Waals surface area contributed by atoms with Gasteiger partial charge in [0.1, 0.15) is 11.5 Å². The molecular formula is C20H25N3O2. The van der Waals surface area contributed by atoms with Crippen LogP contribution < -0.4 is 5.32 Å². The lowest BCUT2D eigenvalue weighted by Gasteiger charge is -2.11. The van der Waals surface area contributed by atoms with Crippen LogP contribution in [0.15, 0.2) is 47.0 Å². The van der Waals surface area contributed by atoms with E-state index in [9.17, 15) is 0 Å². The maximum Gasteiger partial charge on any atom is 0.152 e. The van der Waals surface area contributed by atoms with E-state index in [1.165, 1.54) is 11.1 Å². The zero-order valence-corrected chi connectivity index (χ0v) is 14.8. The number of aryl methyl sites for hydroxylation is 1. The van der Waals surface area contributed by atoms with Gasteiger partial charge in [-0.15, -0.1) is 0 Å². The first-order valence-corrected chi connectivity index (χ1v) is 8.72. The van der Waals surface area contributed by atoms with E-state index in [-0.39, 0.29) is 0 Å². The number of hydrogen-bond donors (Lipinski definition) is 2. The summed E-state index contributed by atoms with van der Waals surface area (Å²) >= 11 is 0. The second kappa shape index (κ2) is 8.65. The van der Waals surface area contributed by atoms with Crippen LogP contribution in [0.5, 0.6) is 0 Å². The highest BCUT2D eigenvalue weighted by Gasteiger charge is 2.11. The molecule has 0 bridgehead atoms. The second-order valence-corrected chi connectivity index (χ2v) is 6.11. The van der Waals surface area contributed by atoms with Gasteiger partial charge in [-0.05, 0) is 36.6 Å². The summed E-state index contributed by atoms with van der Waals surface area (Å²) in [6, 6.07) is 12.3. The molecule has 0 radical (unpaired) electrons. The van der Waals surface area contributed by atoms with E-state index in [2.05, 4.69) is 46.7 Å². The number of hydrogen-bond acceptors (Lipinski definition) is 4. The average Bonchev–Trinajstić information content (AvgIpc) is 3.25. The summed E-state index contributed by atoms with van der Waals surface area (Å²) in [6.45, 7) is 7.02. The van der Waals surface area contributed by atoms with Crippen molar-refractivity contribution in [3.8, 4) is 11.5 Å². The third-order valence-electron chi connectivity index (χ3n) is 4.06. The van der Waals surface area contributed by atoms with Crippen LogP contribution in [0.3, 0.4) is 0 Å². The maximum absolute atomic E-state index is 5.69. The van der Waals surface area contributed by atoms with Gasteiger partial charge in [-0.1, -0.05) is 31.2 Å². The molecule has 132 valence electrons. The first-order valence-electron chi connectivity index (χ1n) is 8.72. The van der Waals surface area contributed by atoms with Crippen LogP contribution in [0.4, 0.5) is 0 Å². The van der Waals surface area contributed by atoms with Crippen molar-refractivity contribution in [1.82, 2.24) is 15.5 Å². The van der Waals surface area contributed by atoms with Crippen LogP contribution in [-0.2, 0) is 24.4 Å². The van der Waals surface area contributed by atoms with Gasteiger partial charge in [0.15, 0.2) is 5.76 Å². The molecule has 0 aliphatic carbocycles. The van der Waals surface area contributed by atoms with Gasteiger partial charge in [-0.3, -0.25) is 5.10 Å². The topological polar surface area (TPSA) is 63.1 Å². The Labute approximate surface area is 148 Å². The predicted octanol–water partition coefficient (Wildman–Crippen LogP) is 4.19. The molecule has 3 rings (SSSR count). The minimum absolute atomic E-state index is 0.661. The highest BCUT2D eigenvalue weighted by molar-refractivity contribution is 5.56. The van der Waals surface area contributed by atoms with E-state index in [0.29, 0.717) is 6.61 Å². The molecule has 3 aromatic rings. The summed E-state index contributed by atoms with van der Waals surface area (Å²) in [4.78, 5) is 0. The van der Waals surface area contributed by atoms with Crippen molar-refractivity contribution >= 4 is 0 Å². The average molecular weight is 339 g/mol. The molecule has 2 N–H and O–H groups in total. The lowest BCUT2D eigenvalue weighted by atomic mass is 10.1. The quantitative estimate of drug-likeness (QED) is 0.574. The zero-order chi connectivity index (χ0) is 17.5. The minimum Gasteiger partial charge on any atom is -0.460 e. The number of ether oxygens (including phenoxy) is 1. The van der Waals surface area contributed by atoms with Crippen LogP contribution in [0, 0.1) is 6.92 Å². The fourth-order valence-electron chi connectivity index (χ4n) is 2.76. The number of benzene rings is 1. The molecule has 0 aliphatic rings. The summed E-state index contributed by atoms with van der Waals surface area (Å²) in [5.74, 6) is 1.71. The van der Waals surface area contributed by atoms with Crippen LogP contribution in [0.25, 0.3) is 11.5 Å². The summed E-state index contributed by atoms with van der Waals surface area (Å²) < 4.78 is 11.4. The van der Waals surface area contributed by atoms with Crippen molar-refractivity contribution in [3.05, 3.63) is 65.0 Å². The molecule has 25 heavy (non-hydrogen) atoms. The largest absolute Gasteiger partial charge is 0.460 e. The van der Waals surface area contributed by atoms with Crippen molar-refractivity contribution in [3.63, 3.8) is 0 Å². The maximum atomic E-state index is 5.69. The second-order valence-electron chi connectivity index (χ2n) is 6.11. The Morgan fingerprint density at radius 2 is 1.88 bits per heavy atom. The van der Waals surface area contributed by atoms with Gasteiger partial charge >= 0.3 is 0 Å². The first-order chi connectivity index (χ1) is 12.3. The molecule has 0 saturated heterocycles. The molecule has 5 nitrogen and oxygen atoms in total. The predicted molar refractivity (Wildman–Crippen MR) is 98.0 cm³/mol. The molecule has 0 fully saturated rings. The summed E-state index contributed by atoms with van der Waals surface area (Å²) in [5, 5.41) is 10.7. The zero-order valence-electron chi connectivity index (χ0n) is 14.8. The standard InChI is InChI=1S/C20H25N3O2/c1-3-10-24-14-17-7-5-4-6-16(17)11-21-12-18-13-22-23-20(18)19-9-8-15(2)25-19/h4-9,13,21H,3,10-12,14H2,1-2H3,(H,22,23). The lowest BCUT2D eigenvalue weighted by Crippen LogP contribution is -2.14. The van der Waals surface area contributed by atoms with Crippen molar-refractivity contribution in [2.24, 2.45) is 0 Å². The highest BCUT2D eigenvalue weighted by atomic mass is 16.5. The first kappa shape index (κ1) is 17.5. The number of furan rings is 1. The van der Waals surface area contributed by atoms with Gasteiger partial charge in [-0.2, -0.15) is 5.10 Å². The Bertz CT molecular complexity index is 792. The fraction of sp³-hybridized carbons (Fsp3) is 0.350. The monoisotopic (exact) mass is 339 g/mol. The van der Waals surface area contributed by atoms with Gasteiger partial charge in [0.2, 0.25) is 0 Å². The third-order valence-corrected chi connectivity index (χ3v) is 4.06. The molecular weight excluding hydrogens is 314 g/mol. The Morgan fingerprint density at radius 3 is 2.64 bits per heavy atom. The van der Waals surface area contributed by atoms with E-state index in [4.69, 9.17) is 9.15 Å². The van der Waals surface area contributed by atoms with E-state index < -0.39 is 0 Å². The van der Waals surface area contributed by atoms with Gasteiger partial charge in [0.05, 0.1) is 12.8 Å². The molecule has 0 spiro atoms. The highest BCUT2D eigenvalue weighted by Crippen LogP contribution is 2.23. The van der Waals surface area contributed by atoms with E-state index in [1.54, 1.807) is 0 Å². The van der Waals surface area contributed by atoms with Crippen molar-refractivity contribution in [2.45, 2.75) is 40.0 Å². The van der Waals surface area contributed by atoms with Crippen molar-refractivity contribution in [1.29, 1.82) is 0 Å². The van der Waals surface area contributed by atoms with Gasteiger partial charge in [-0.25, -0.2) is 0 Å². The van der Waals surface area contributed by atoms with Gasteiger partial charge in [0, 0.05) is 25.3 Å². The fourth-order valence-corrected chi connectivity index (χ4v) is 2.76. The molecule has 0 amide bonds. The van der Waals surface area contributed by atoms with Crippen LogP contribution in [0.2, 0.25) is 0 Å². The lowest BCUT2D eigenvalue weighted by molar-refractivity contribution is 0.121. The Kier molecular flexibility index (Phi) is 6.04. The van der Waals surface area contributed by atoms with Gasteiger partial charge < -0.3 is 14.5 Å². The van der Waals surface area contributed by atoms with Crippen LogP contribution >= 0.6 is 0 Å². The molecule has 0 saturated carbocycles. The SMILES string of the molecule is CCCOCc1ccccc1CNCc1cn[nH]c1-c1ccc(C)o1. The third kappa shape index (κ3) is 4.59. The van der Waals surface area contributed by atoms with E-state index in [1.807, 2.05) is 25.3 Å². The van der Waals surface area contributed by atoms with Crippen molar-refractivity contribution < 1.29 is 9.15 Å². The Balaban J connectivity index is 1.60. The smallest absolute Gasteiger partial charge is 0.152 e. The summed E-state index contributed by atoms with van der Waals surface area (Å²) in [7, 11) is 0. The molecule has 5 heteroatoms. The summed E-state index contributed by atoms with van der Waals surface area (Å²) in [5.41, 5.74) is 4.52. The van der Waals surface area contributed by atoms with E-state index in [0.717, 1.165) is 48.9 Å². The number of H-pyrrole nitrogens is 1. The normalized spacial score (nSPS) is 11.1. The summed E-state index contributed by atoms with van der Waals surface area (Å²) in [6.07, 6.45) is 2.88. The number of nitrogens with zero attached hydrogens (tertiary/aromatic N) is 1. The number of aromatic nitrogens is 2.